The number of rotatable bonds is 5. The summed E-state index contributed by atoms with van der Waals surface area (Å²) in [4.78, 5) is 19.6. The van der Waals surface area contributed by atoms with E-state index in [4.69, 9.17) is 14.8 Å². The number of pyridine rings is 1. The monoisotopic (exact) mass is 587 g/mol. The highest BCUT2D eigenvalue weighted by molar-refractivity contribution is 7.90. The maximum Gasteiger partial charge on any atom is 0.269 e. The van der Waals surface area contributed by atoms with Crippen molar-refractivity contribution in [3.63, 3.8) is 0 Å². The lowest BCUT2D eigenvalue weighted by Gasteiger charge is -2.17. The van der Waals surface area contributed by atoms with Gasteiger partial charge in [0.2, 0.25) is 5.91 Å². The van der Waals surface area contributed by atoms with Gasteiger partial charge in [0.25, 0.3) is 10.0 Å². The van der Waals surface area contributed by atoms with Gasteiger partial charge < -0.3 is 9.64 Å². The molecule has 0 spiro atoms. The Morgan fingerprint density at radius 3 is 2.55 bits per heavy atom. The summed E-state index contributed by atoms with van der Waals surface area (Å²) in [5.41, 5.74) is 5.91. The van der Waals surface area contributed by atoms with Crippen LogP contribution in [0.25, 0.3) is 33.3 Å². The maximum atomic E-state index is 13.9. The molecule has 0 saturated carbocycles. The predicted molar refractivity (Wildman–Crippen MR) is 158 cm³/mol. The van der Waals surface area contributed by atoms with Crippen molar-refractivity contribution in [3.8, 4) is 22.3 Å². The summed E-state index contributed by atoms with van der Waals surface area (Å²) in [6.45, 7) is 5.74. The number of methoxy groups -OCH3 is 1. The summed E-state index contributed by atoms with van der Waals surface area (Å²) in [7, 11) is -0.517. The van der Waals surface area contributed by atoms with Crippen LogP contribution in [0.3, 0.4) is 0 Å². The third kappa shape index (κ3) is 5.01. The van der Waals surface area contributed by atoms with Crippen molar-refractivity contribution in [1.82, 2.24) is 33.4 Å². The van der Waals surface area contributed by atoms with E-state index in [1.165, 1.54) is 3.97 Å². The molecule has 5 aromatic rings. The van der Waals surface area contributed by atoms with Gasteiger partial charge in [-0.1, -0.05) is 17.7 Å². The van der Waals surface area contributed by atoms with Crippen LogP contribution in [0, 0.1) is 13.8 Å². The average Bonchev–Trinajstić information content (AvgIpc) is 3.66. The quantitative estimate of drug-likeness (QED) is 0.305. The molecule has 0 aliphatic carbocycles. The van der Waals surface area contributed by atoms with Crippen molar-refractivity contribution >= 4 is 27.0 Å². The molecule has 0 saturated heterocycles. The van der Waals surface area contributed by atoms with E-state index in [1.807, 2.05) is 41.7 Å². The van der Waals surface area contributed by atoms with Crippen LogP contribution >= 0.6 is 0 Å². The number of carbonyl (C=O) groups excluding carboxylic acids is 1. The minimum Gasteiger partial charge on any atom is -0.383 e. The fourth-order valence-corrected chi connectivity index (χ4v) is 6.68. The van der Waals surface area contributed by atoms with Gasteiger partial charge in [-0.3, -0.25) is 14.2 Å². The molecule has 42 heavy (non-hydrogen) atoms. The summed E-state index contributed by atoms with van der Waals surface area (Å²) in [6.07, 6.45) is 8.15. The van der Waals surface area contributed by atoms with Crippen LogP contribution in [0.15, 0.2) is 60.0 Å². The van der Waals surface area contributed by atoms with Gasteiger partial charge in [-0.05, 0) is 38.5 Å². The first kappa shape index (κ1) is 27.9. The lowest BCUT2D eigenvalue weighted by Crippen LogP contribution is -2.26. The second-order valence-electron chi connectivity index (χ2n) is 10.7. The molecular formula is C30H33N7O4S. The number of amides is 1. The molecule has 12 heteroatoms. The first-order valence-corrected chi connectivity index (χ1v) is 15.3. The van der Waals surface area contributed by atoms with Crippen LogP contribution in [0.1, 0.15) is 29.8 Å². The minimum absolute atomic E-state index is 0.0270. The predicted octanol–water partition coefficient (Wildman–Crippen LogP) is 4.02. The Bertz CT molecular complexity index is 1900. The Labute approximate surface area is 244 Å². The van der Waals surface area contributed by atoms with E-state index in [0.717, 1.165) is 39.2 Å². The molecule has 0 N–H and O–H groups in total. The summed E-state index contributed by atoms with van der Waals surface area (Å²) in [5.74, 6) is 0.0270. The van der Waals surface area contributed by atoms with Crippen molar-refractivity contribution in [2.75, 3.05) is 20.8 Å². The van der Waals surface area contributed by atoms with Crippen LogP contribution in [-0.4, -0.2) is 68.5 Å². The number of hydrogen-bond acceptors (Lipinski definition) is 7. The highest BCUT2D eigenvalue weighted by atomic mass is 32.2. The number of nitrogens with zero attached hydrogens (tertiary/aromatic N) is 7. The molecule has 0 unspecified atom stereocenters. The van der Waals surface area contributed by atoms with Crippen LogP contribution in [0.2, 0.25) is 0 Å². The number of ether oxygens (including phenoxy) is 1. The van der Waals surface area contributed by atoms with Crippen molar-refractivity contribution in [2.45, 2.75) is 51.2 Å². The van der Waals surface area contributed by atoms with Crippen LogP contribution in [-0.2, 0) is 39.2 Å². The summed E-state index contributed by atoms with van der Waals surface area (Å²) in [6, 6.07) is 8.76. The van der Waals surface area contributed by atoms with Crippen molar-refractivity contribution in [2.24, 2.45) is 0 Å². The molecule has 0 fully saturated rings. The Balaban J connectivity index is 1.59. The number of carbonyl (C=O) groups is 1. The molecule has 11 nitrogen and oxygen atoms in total. The molecule has 4 bridgehead atoms. The summed E-state index contributed by atoms with van der Waals surface area (Å²) < 4.78 is 38.0. The number of fused-ring (bicyclic) bond motifs is 6. The lowest BCUT2D eigenvalue weighted by molar-refractivity contribution is -0.130. The SMILES string of the molecule is COCCn1cc2c(n1)CN(C)C(=O)CCCn1cc(c(C)n1)-c1cn(S(=O)(=O)c3ccc(C)cc3)c3ncc-2cc13. The zero-order chi connectivity index (χ0) is 29.6. The van der Waals surface area contributed by atoms with Gasteiger partial charge in [0.15, 0.2) is 5.65 Å². The van der Waals surface area contributed by atoms with Gasteiger partial charge in [0, 0.05) is 79.6 Å². The molecular weight excluding hydrogens is 554 g/mol. The Morgan fingerprint density at radius 2 is 1.79 bits per heavy atom. The first-order chi connectivity index (χ1) is 20.2. The number of benzene rings is 1. The largest absolute Gasteiger partial charge is 0.383 e. The van der Waals surface area contributed by atoms with E-state index in [0.29, 0.717) is 50.1 Å². The van der Waals surface area contributed by atoms with E-state index in [-0.39, 0.29) is 10.8 Å². The molecule has 218 valence electrons. The van der Waals surface area contributed by atoms with Crippen LogP contribution in [0.5, 0.6) is 0 Å². The van der Waals surface area contributed by atoms with Crippen LogP contribution in [0.4, 0.5) is 0 Å². The van der Waals surface area contributed by atoms with E-state index < -0.39 is 10.0 Å². The van der Waals surface area contributed by atoms with Gasteiger partial charge >= 0.3 is 0 Å². The fraction of sp³-hybridized carbons (Fsp3) is 0.333. The molecule has 5 heterocycles. The zero-order valence-electron chi connectivity index (χ0n) is 24.1. The van der Waals surface area contributed by atoms with Crippen LogP contribution < -0.4 is 0 Å². The Morgan fingerprint density at radius 1 is 1.00 bits per heavy atom. The van der Waals surface area contributed by atoms with E-state index in [2.05, 4.69) is 5.10 Å². The third-order valence-electron chi connectivity index (χ3n) is 7.69. The minimum atomic E-state index is -3.94. The van der Waals surface area contributed by atoms with Gasteiger partial charge in [0.05, 0.1) is 36.0 Å². The second kappa shape index (κ2) is 10.8. The maximum absolute atomic E-state index is 13.9. The lowest BCUT2D eigenvalue weighted by atomic mass is 10.0. The molecule has 0 atom stereocenters. The van der Waals surface area contributed by atoms with Crippen molar-refractivity contribution < 1.29 is 17.9 Å². The molecule has 1 aliphatic rings. The summed E-state index contributed by atoms with van der Waals surface area (Å²) in [5, 5.41) is 10.1. The normalized spacial score (nSPS) is 14.3. The number of aromatic nitrogens is 6. The number of aryl methyl sites for hydroxylation is 3. The van der Waals surface area contributed by atoms with E-state index in [1.54, 1.807) is 55.7 Å². The zero-order valence-corrected chi connectivity index (χ0v) is 24.9. The fourth-order valence-electron chi connectivity index (χ4n) is 5.36. The molecule has 1 aromatic carbocycles. The topological polar surface area (TPSA) is 117 Å². The van der Waals surface area contributed by atoms with Gasteiger partial charge in [-0.2, -0.15) is 10.2 Å². The molecule has 1 aliphatic heterocycles. The molecule has 0 radical (unpaired) electrons. The van der Waals surface area contributed by atoms with E-state index >= 15 is 0 Å². The van der Waals surface area contributed by atoms with E-state index in [9.17, 15) is 13.2 Å². The smallest absolute Gasteiger partial charge is 0.269 e. The molecule has 6 rings (SSSR count). The highest BCUT2D eigenvalue weighted by Gasteiger charge is 2.26. The molecule has 4 aromatic heterocycles. The highest BCUT2D eigenvalue weighted by Crippen LogP contribution is 2.36. The van der Waals surface area contributed by atoms with Gasteiger partial charge in [-0.15, -0.1) is 0 Å². The Kier molecular flexibility index (Phi) is 7.19. The van der Waals surface area contributed by atoms with Gasteiger partial charge in [0.1, 0.15) is 0 Å². The van der Waals surface area contributed by atoms with Gasteiger partial charge in [-0.25, -0.2) is 17.4 Å². The average molecular weight is 588 g/mol. The Hall–Kier alpha value is -4.29. The first-order valence-electron chi connectivity index (χ1n) is 13.8. The second-order valence-corrected chi connectivity index (χ2v) is 12.6. The third-order valence-corrected chi connectivity index (χ3v) is 9.35. The van der Waals surface area contributed by atoms with Crippen molar-refractivity contribution in [3.05, 3.63) is 72.1 Å². The summed E-state index contributed by atoms with van der Waals surface area (Å²) >= 11 is 0. The molecule has 1 amide bonds. The standard InChI is InChI=1S/C30H33N7O4S/c1-20-7-9-23(10-8-20)42(39,40)37-18-27-24-14-22(15-31-30(24)37)26-17-36(12-13-41-4)33-28(26)19-34(3)29(38)6-5-11-35-16-25(27)21(2)32-35/h7-10,14-18H,5-6,11-13,19H2,1-4H3. The number of hydrogen-bond donors (Lipinski definition) is 0. The van der Waals surface area contributed by atoms with Crippen molar-refractivity contribution in [1.29, 1.82) is 0 Å².